The highest BCUT2D eigenvalue weighted by Gasteiger charge is 2.46. The van der Waals surface area contributed by atoms with Crippen molar-refractivity contribution in [2.24, 2.45) is 0 Å². The van der Waals surface area contributed by atoms with Gasteiger partial charge in [-0.05, 0) is 57.0 Å². The number of halogens is 2. The number of carbonyl (C=O) groups is 1. The molecule has 43 heavy (non-hydrogen) atoms. The van der Waals surface area contributed by atoms with Gasteiger partial charge in [0.25, 0.3) is 0 Å². The molecule has 1 atom stereocenters. The van der Waals surface area contributed by atoms with Gasteiger partial charge in [-0.1, -0.05) is 36.4 Å². The van der Waals surface area contributed by atoms with Crippen LogP contribution in [0.5, 0.6) is 6.01 Å². The second-order valence-electron chi connectivity index (χ2n) is 11.8. The molecule has 1 amide bonds. The number of anilines is 2. The van der Waals surface area contributed by atoms with E-state index in [1.807, 2.05) is 18.2 Å². The number of fused-ring (bicyclic) bond motifs is 2. The second-order valence-corrected chi connectivity index (χ2v) is 12.1. The molecule has 2 aromatic carbocycles. The number of ether oxygens (including phenoxy) is 1. The minimum Gasteiger partial charge on any atom is -0.461 e. The fourth-order valence-electron chi connectivity index (χ4n) is 6.27. The van der Waals surface area contributed by atoms with Crippen LogP contribution in [0.2, 0.25) is 5.02 Å². The molecule has 1 saturated heterocycles. The van der Waals surface area contributed by atoms with Crippen LogP contribution in [0.15, 0.2) is 43.0 Å². The van der Waals surface area contributed by atoms with Crippen LogP contribution >= 0.6 is 11.6 Å². The van der Waals surface area contributed by atoms with Gasteiger partial charge in [0.05, 0.1) is 41.3 Å². The van der Waals surface area contributed by atoms with E-state index in [0.717, 1.165) is 41.0 Å². The summed E-state index contributed by atoms with van der Waals surface area (Å²) in [5.41, 5.74) is 2.70. The summed E-state index contributed by atoms with van der Waals surface area (Å²) in [6.07, 6.45) is 4.28. The van der Waals surface area contributed by atoms with Crippen molar-refractivity contribution in [3.8, 4) is 12.1 Å². The number of rotatable bonds is 8. The highest BCUT2D eigenvalue weighted by molar-refractivity contribution is 6.36. The lowest BCUT2D eigenvalue weighted by molar-refractivity contribution is -0.128. The lowest BCUT2D eigenvalue weighted by Gasteiger charge is -2.42. The van der Waals surface area contributed by atoms with Crippen LogP contribution in [0.4, 0.5) is 15.9 Å². The fourth-order valence-corrected chi connectivity index (χ4v) is 6.54. The molecule has 6 rings (SSSR count). The topological polar surface area (TPSA) is 88.8 Å². The molecule has 0 radical (unpaired) electrons. The normalized spacial score (nSPS) is 19.3. The number of nitriles is 1. The van der Waals surface area contributed by atoms with Gasteiger partial charge in [-0.15, -0.1) is 0 Å². The zero-order chi connectivity index (χ0) is 30.3. The Hall–Kier alpha value is -3.94. The number of hydrogen-bond acceptors (Lipinski definition) is 8. The molecular weight excluding hydrogens is 569 g/mol. The Balaban J connectivity index is 1.36. The van der Waals surface area contributed by atoms with Crippen molar-refractivity contribution in [3.63, 3.8) is 0 Å². The first-order chi connectivity index (χ1) is 20.7. The van der Waals surface area contributed by atoms with Crippen LogP contribution in [0, 0.1) is 17.1 Å². The van der Waals surface area contributed by atoms with E-state index in [-0.39, 0.29) is 28.9 Å². The molecule has 3 heterocycles. The molecule has 1 aromatic heterocycles. The molecule has 2 aliphatic heterocycles. The van der Waals surface area contributed by atoms with Crippen molar-refractivity contribution in [2.75, 3.05) is 56.7 Å². The Morgan fingerprint density at radius 1 is 1.23 bits per heavy atom. The van der Waals surface area contributed by atoms with Gasteiger partial charge >= 0.3 is 6.01 Å². The summed E-state index contributed by atoms with van der Waals surface area (Å²) >= 11 is 6.49. The van der Waals surface area contributed by atoms with Crippen molar-refractivity contribution in [2.45, 2.75) is 43.8 Å². The summed E-state index contributed by atoms with van der Waals surface area (Å²) in [5, 5.41) is 11.2. The summed E-state index contributed by atoms with van der Waals surface area (Å²) in [5.74, 6) is 0.160. The molecule has 2 fully saturated rings. The summed E-state index contributed by atoms with van der Waals surface area (Å²) in [7, 11) is 4.12. The molecule has 1 saturated carbocycles. The van der Waals surface area contributed by atoms with E-state index in [9.17, 15) is 14.4 Å². The highest BCUT2D eigenvalue weighted by atomic mass is 35.5. The Kier molecular flexibility index (Phi) is 7.88. The van der Waals surface area contributed by atoms with Gasteiger partial charge in [0.1, 0.15) is 18.2 Å². The minimum absolute atomic E-state index is 0.0101. The molecule has 11 heteroatoms. The fraction of sp³-hybridized carbons (Fsp3) is 0.438. The van der Waals surface area contributed by atoms with E-state index < -0.39 is 5.82 Å². The predicted molar refractivity (Wildman–Crippen MR) is 165 cm³/mol. The monoisotopic (exact) mass is 603 g/mol. The van der Waals surface area contributed by atoms with Gasteiger partial charge in [-0.3, -0.25) is 4.79 Å². The van der Waals surface area contributed by atoms with Crippen LogP contribution in [-0.2, 0) is 17.8 Å². The van der Waals surface area contributed by atoms with E-state index in [0.29, 0.717) is 57.1 Å². The molecule has 0 bridgehead atoms. The van der Waals surface area contributed by atoms with E-state index in [1.165, 1.54) is 12.1 Å². The summed E-state index contributed by atoms with van der Waals surface area (Å²) in [4.78, 5) is 30.6. The average Bonchev–Trinajstić information content (AvgIpc) is 3.82. The van der Waals surface area contributed by atoms with E-state index in [4.69, 9.17) is 26.3 Å². The van der Waals surface area contributed by atoms with Crippen LogP contribution < -0.4 is 14.5 Å². The standard InChI is InChI=1S/C32H35ClFN7O2/c1-4-27(42)41-17-16-40(18-22(41)10-14-35)30-23-11-15-39(26-7-5-6-21-8-9-24(34)29(33)28(21)26)19-25(23)36-31(37-30)43-20-32(12-13-32)38(2)3/h4-9,22H,1,10-13,15-20H2,2-3H3/t22-/m0/s1. The zero-order valence-corrected chi connectivity index (χ0v) is 25.3. The van der Waals surface area contributed by atoms with Crippen molar-refractivity contribution in [3.05, 3.63) is 65.1 Å². The first kappa shape index (κ1) is 29.1. The maximum absolute atomic E-state index is 14.5. The van der Waals surface area contributed by atoms with Crippen molar-refractivity contribution >= 4 is 39.8 Å². The largest absolute Gasteiger partial charge is 0.461 e. The third-order valence-corrected chi connectivity index (χ3v) is 9.46. The van der Waals surface area contributed by atoms with E-state index in [1.54, 1.807) is 11.0 Å². The molecule has 1 aliphatic carbocycles. The highest BCUT2D eigenvalue weighted by Crippen LogP contribution is 2.41. The maximum Gasteiger partial charge on any atom is 0.318 e. The Morgan fingerprint density at radius 2 is 2.05 bits per heavy atom. The predicted octanol–water partition coefficient (Wildman–Crippen LogP) is 4.57. The summed E-state index contributed by atoms with van der Waals surface area (Å²) < 4.78 is 20.8. The molecule has 0 N–H and O–H groups in total. The number of nitrogens with zero attached hydrogens (tertiary/aromatic N) is 7. The van der Waals surface area contributed by atoms with Crippen molar-refractivity contribution in [1.29, 1.82) is 5.26 Å². The number of aromatic nitrogens is 2. The number of piperazine rings is 1. The number of likely N-dealkylation sites (N-methyl/N-ethyl adjacent to an activating group) is 1. The van der Waals surface area contributed by atoms with Crippen molar-refractivity contribution in [1.82, 2.24) is 19.8 Å². The number of carbonyl (C=O) groups excluding carboxylic acids is 1. The number of amides is 1. The van der Waals surface area contributed by atoms with Crippen LogP contribution in [0.1, 0.15) is 30.5 Å². The van der Waals surface area contributed by atoms with Gasteiger partial charge in [-0.25, -0.2) is 4.39 Å². The average molecular weight is 604 g/mol. The molecule has 3 aliphatic rings. The lowest BCUT2D eigenvalue weighted by atomic mass is 10.0. The van der Waals surface area contributed by atoms with Crippen LogP contribution in [0.3, 0.4) is 0 Å². The Morgan fingerprint density at radius 3 is 2.77 bits per heavy atom. The number of benzene rings is 2. The third kappa shape index (κ3) is 5.48. The van der Waals surface area contributed by atoms with Gasteiger partial charge < -0.3 is 24.3 Å². The maximum atomic E-state index is 14.5. The quantitative estimate of drug-likeness (QED) is 0.346. The van der Waals surface area contributed by atoms with Gasteiger partial charge in [0, 0.05) is 42.8 Å². The molecule has 0 spiro atoms. The third-order valence-electron chi connectivity index (χ3n) is 9.09. The smallest absolute Gasteiger partial charge is 0.318 e. The Bertz CT molecular complexity index is 1620. The van der Waals surface area contributed by atoms with Crippen molar-refractivity contribution < 1.29 is 13.9 Å². The Labute approximate surface area is 256 Å². The molecule has 9 nitrogen and oxygen atoms in total. The second kappa shape index (κ2) is 11.6. The number of hydrogen-bond donors (Lipinski definition) is 0. The van der Waals surface area contributed by atoms with E-state index in [2.05, 4.69) is 41.4 Å². The van der Waals surface area contributed by atoms with E-state index >= 15 is 0 Å². The van der Waals surface area contributed by atoms with Gasteiger partial charge in [0.2, 0.25) is 5.91 Å². The van der Waals surface area contributed by atoms with Gasteiger partial charge in [0.15, 0.2) is 0 Å². The molecular formula is C32H35ClFN7O2. The molecule has 0 unspecified atom stereocenters. The lowest BCUT2D eigenvalue weighted by Crippen LogP contribution is -2.55. The van der Waals surface area contributed by atoms with Crippen LogP contribution in [0.25, 0.3) is 10.8 Å². The first-order valence-electron chi connectivity index (χ1n) is 14.6. The zero-order valence-electron chi connectivity index (χ0n) is 24.5. The first-order valence-corrected chi connectivity index (χ1v) is 15.0. The van der Waals surface area contributed by atoms with Gasteiger partial charge in [-0.2, -0.15) is 15.2 Å². The molecule has 224 valence electrons. The van der Waals surface area contributed by atoms with Crippen LogP contribution in [-0.4, -0.2) is 84.1 Å². The molecule has 3 aromatic rings. The summed E-state index contributed by atoms with van der Waals surface area (Å²) in [6, 6.07) is 11.3. The minimum atomic E-state index is -0.449. The summed E-state index contributed by atoms with van der Waals surface area (Å²) in [6.45, 7) is 6.75. The SMILES string of the molecule is C=CC(=O)N1CCN(c2nc(OCC3(N(C)C)CC3)nc3c2CCN(c2cccc4ccc(F)c(Cl)c24)C3)C[C@@H]1CC#N.